The number of hydrogen-bond donors (Lipinski definition) is 0. The topological polar surface area (TPSA) is 69.4 Å². The average Bonchev–Trinajstić information content (AvgIpc) is 2.27. The first-order valence-electron chi connectivity index (χ1n) is 5.16. The summed E-state index contributed by atoms with van der Waals surface area (Å²) in [5.74, 6) is -0.480. The third-order valence-corrected chi connectivity index (χ3v) is 2.61. The first kappa shape index (κ1) is 11.5. The first-order chi connectivity index (χ1) is 8.06. The molecule has 2 rings (SSSR count). The zero-order valence-electron chi connectivity index (χ0n) is 8.89. The van der Waals surface area contributed by atoms with Crippen molar-refractivity contribution < 1.29 is 18.8 Å². The van der Waals surface area contributed by atoms with Gasteiger partial charge in [-0.2, -0.15) is 0 Å². The maximum atomic E-state index is 12.9. The summed E-state index contributed by atoms with van der Waals surface area (Å²) in [6, 6.07) is 4.03. The fourth-order valence-electron chi connectivity index (χ4n) is 1.81. The second kappa shape index (κ2) is 4.48. The van der Waals surface area contributed by atoms with Crippen molar-refractivity contribution in [1.29, 1.82) is 0 Å². The largest absolute Gasteiger partial charge is 0.482 e. The molecule has 1 unspecified atom stereocenters. The van der Waals surface area contributed by atoms with Crippen LogP contribution in [0.2, 0.25) is 0 Å². The molecule has 0 spiro atoms. The number of Topliss-reactive ketones (excluding diaryl/α,β-unsaturated/α-hetero) is 1. The summed E-state index contributed by atoms with van der Waals surface area (Å²) in [7, 11) is 0. The van der Waals surface area contributed by atoms with Gasteiger partial charge in [0.05, 0.1) is 0 Å². The molecule has 0 fully saturated rings. The summed E-state index contributed by atoms with van der Waals surface area (Å²) >= 11 is 0. The molecule has 1 aromatic rings. The third kappa shape index (κ3) is 2.58. The molecule has 5 nitrogen and oxygen atoms in total. The SMILES string of the molecule is O=C(C[N+](=O)[O-])C1CCc2cc(F)ccc2O1. The molecule has 1 atom stereocenters. The highest BCUT2D eigenvalue weighted by Crippen LogP contribution is 2.28. The van der Waals surface area contributed by atoms with E-state index in [2.05, 4.69) is 0 Å². The van der Waals surface area contributed by atoms with Crippen molar-refractivity contribution in [3.8, 4) is 5.75 Å². The minimum atomic E-state index is -0.793. The summed E-state index contributed by atoms with van der Waals surface area (Å²) in [6.07, 6.45) is 0.0445. The highest BCUT2D eigenvalue weighted by Gasteiger charge is 2.28. The molecule has 0 N–H and O–H groups in total. The average molecular weight is 239 g/mol. The van der Waals surface area contributed by atoms with Crippen LogP contribution in [0.1, 0.15) is 12.0 Å². The van der Waals surface area contributed by atoms with Crippen LogP contribution in [0.4, 0.5) is 4.39 Å². The zero-order valence-corrected chi connectivity index (χ0v) is 8.89. The Morgan fingerprint density at radius 3 is 3.06 bits per heavy atom. The molecule has 1 aliphatic heterocycles. The van der Waals surface area contributed by atoms with Crippen LogP contribution in [-0.4, -0.2) is 23.4 Å². The molecule has 90 valence electrons. The molecule has 0 bridgehead atoms. The van der Waals surface area contributed by atoms with Gasteiger partial charge in [-0.15, -0.1) is 0 Å². The lowest BCUT2D eigenvalue weighted by Crippen LogP contribution is -2.35. The number of carbonyl (C=O) groups excluding carboxylic acids is 1. The summed E-state index contributed by atoms with van der Waals surface area (Å²) in [4.78, 5) is 21.0. The molecule has 0 aromatic heterocycles. The number of nitro groups is 1. The van der Waals surface area contributed by atoms with E-state index in [-0.39, 0.29) is 5.82 Å². The molecule has 0 radical (unpaired) electrons. The van der Waals surface area contributed by atoms with E-state index in [1.807, 2.05) is 0 Å². The van der Waals surface area contributed by atoms with Crippen LogP contribution < -0.4 is 4.74 Å². The number of rotatable bonds is 3. The van der Waals surface area contributed by atoms with Crippen molar-refractivity contribution in [2.24, 2.45) is 0 Å². The van der Waals surface area contributed by atoms with Crippen LogP contribution in [0.15, 0.2) is 18.2 Å². The molecular weight excluding hydrogens is 229 g/mol. The summed E-state index contributed by atoms with van der Waals surface area (Å²) in [6.45, 7) is -0.735. The van der Waals surface area contributed by atoms with E-state index in [0.717, 1.165) is 0 Å². The second-order valence-corrected chi connectivity index (χ2v) is 3.85. The standard InChI is InChI=1S/C11H10FNO4/c12-8-2-4-10-7(5-8)1-3-11(17-10)9(14)6-13(15)16/h2,4-5,11H,1,3,6H2. The predicted octanol–water partition coefficient (Wildman–Crippen LogP) is 1.37. The molecule has 1 heterocycles. The van der Waals surface area contributed by atoms with E-state index < -0.39 is 23.4 Å². The lowest BCUT2D eigenvalue weighted by Gasteiger charge is -2.23. The van der Waals surface area contributed by atoms with E-state index in [1.165, 1.54) is 18.2 Å². The summed E-state index contributed by atoms with van der Waals surface area (Å²) in [5.41, 5.74) is 0.690. The highest BCUT2D eigenvalue weighted by atomic mass is 19.1. The molecule has 17 heavy (non-hydrogen) atoms. The van der Waals surface area contributed by atoms with Gasteiger partial charge in [-0.05, 0) is 36.6 Å². The van der Waals surface area contributed by atoms with Gasteiger partial charge in [-0.3, -0.25) is 14.9 Å². The number of hydrogen-bond acceptors (Lipinski definition) is 4. The smallest absolute Gasteiger partial charge is 0.265 e. The van der Waals surface area contributed by atoms with Gasteiger partial charge in [0.15, 0.2) is 6.10 Å². The lowest BCUT2D eigenvalue weighted by molar-refractivity contribution is -0.468. The van der Waals surface area contributed by atoms with Gasteiger partial charge >= 0.3 is 0 Å². The van der Waals surface area contributed by atoms with Crippen molar-refractivity contribution in [3.63, 3.8) is 0 Å². The van der Waals surface area contributed by atoms with Crippen LogP contribution in [0.25, 0.3) is 0 Å². The summed E-state index contributed by atoms with van der Waals surface area (Å²) < 4.78 is 18.2. The number of benzene rings is 1. The van der Waals surface area contributed by atoms with E-state index >= 15 is 0 Å². The van der Waals surface area contributed by atoms with Gasteiger partial charge < -0.3 is 4.74 Å². The van der Waals surface area contributed by atoms with Crippen LogP contribution in [0.3, 0.4) is 0 Å². The Bertz CT molecular complexity index is 475. The number of halogens is 1. The van der Waals surface area contributed by atoms with Crippen LogP contribution in [0, 0.1) is 15.9 Å². The van der Waals surface area contributed by atoms with Gasteiger partial charge in [0.2, 0.25) is 5.78 Å². The fraction of sp³-hybridized carbons (Fsp3) is 0.364. The maximum absolute atomic E-state index is 12.9. The Labute approximate surface area is 96.3 Å². The van der Waals surface area contributed by atoms with Crippen molar-refractivity contribution in [2.75, 3.05) is 6.54 Å². The van der Waals surface area contributed by atoms with Gasteiger partial charge in [0, 0.05) is 4.92 Å². The first-order valence-corrected chi connectivity index (χ1v) is 5.16. The van der Waals surface area contributed by atoms with E-state index in [0.29, 0.717) is 24.2 Å². The lowest BCUT2D eigenvalue weighted by atomic mass is 10.00. The quantitative estimate of drug-likeness (QED) is 0.590. The second-order valence-electron chi connectivity index (χ2n) is 3.85. The number of carbonyl (C=O) groups is 1. The van der Waals surface area contributed by atoms with Gasteiger partial charge in [-0.25, -0.2) is 4.39 Å². The number of nitrogens with zero attached hydrogens (tertiary/aromatic N) is 1. The number of fused-ring (bicyclic) bond motifs is 1. The Hall–Kier alpha value is -1.98. The summed E-state index contributed by atoms with van der Waals surface area (Å²) in [5, 5.41) is 10.2. The number of aryl methyl sites for hydroxylation is 1. The monoisotopic (exact) mass is 239 g/mol. The zero-order chi connectivity index (χ0) is 12.4. The molecular formula is C11H10FNO4. The van der Waals surface area contributed by atoms with E-state index in [1.54, 1.807) is 0 Å². The fourth-order valence-corrected chi connectivity index (χ4v) is 1.81. The van der Waals surface area contributed by atoms with Crippen molar-refractivity contribution in [2.45, 2.75) is 18.9 Å². The van der Waals surface area contributed by atoms with Crippen molar-refractivity contribution in [3.05, 3.63) is 39.7 Å². The number of ether oxygens (including phenoxy) is 1. The minimum absolute atomic E-state index is 0.350. The van der Waals surface area contributed by atoms with E-state index in [4.69, 9.17) is 4.74 Å². The molecule has 1 aromatic carbocycles. The van der Waals surface area contributed by atoms with Gasteiger partial charge in [-0.1, -0.05) is 0 Å². The Morgan fingerprint density at radius 2 is 2.35 bits per heavy atom. The Morgan fingerprint density at radius 1 is 1.59 bits per heavy atom. The van der Waals surface area contributed by atoms with Gasteiger partial charge in [0.25, 0.3) is 6.54 Å². The third-order valence-electron chi connectivity index (χ3n) is 2.61. The highest BCUT2D eigenvalue weighted by molar-refractivity contribution is 5.84. The minimum Gasteiger partial charge on any atom is -0.482 e. The normalized spacial score (nSPS) is 18.1. The molecule has 0 amide bonds. The Balaban J connectivity index is 2.11. The molecule has 0 saturated heterocycles. The molecule has 0 aliphatic carbocycles. The maximum Gasteiger partial charge on any atom is 0.265 e. The Kier molecular flexibility index (Phi) is 3.03. The predicted molar refractivity (Wildman–Crippen MR) is 56.0 cm³/mol. The van der Waals surface area contributed by atoms with Crippen LogP contribution in [0.5, 0.6) is 5.75 Å². The van der Waals surface area contributed by atoms with E-state index in [9.17, 15) is 19.3 Å². The van der Waals surface area contributed by atoms with Crippen molar-refractivity contribution >= 4 is 5.78 Å². The molecule has 6 heteroatoms. The number of ketones is 1. The van der Waals surface area contributed by atoms with Crippen LogP contribution in [-0.2, 0) is 11.2 Å². The van der Waals surface area contributed by atoms with Gasteiger partial charge in [0.1, 0.15) is 11.6 Å². The van der Waals surface area contributed by atoms with Crippen LogP contribution >= 0.6 is 0 Å². The van der Waals surface area contributed by atoms with Crippen molar-refractivity contribution in [1.82, 2.24) is 0 Å². The molecule has 1 aliphatic rings. The molecule has 0 saturated carbocycles.